The molecule has 1 aromatic heterocycles. The Balaban J connectivity index is 1.67. The molecule has 0 spiro atoms. The molecule has 1 N–H and O–H groups in total. The standard InChI is InChI=1S/C16H11ClN6O/c17-13-6-4-12(5-7-13)16-20-22-23(21-16)10-15(24)19-14-3-1-2-11(8-14)9-18/h1-8H,10H2,(H,19,24). The molecule has 0 saturated heterocycles. The van der Waals surface area contributed by atoms with E-state index in [1.807, 2.05) is 6.07 Å². The number of amides is 1. The van der Waals surface area contributed by atoms with E-state index < -0.39 is 0 Å². The maximum atomic E-state index is 12.0. The van der Waals surface area contributed by atoms with E-state index in [1.54, 1.807) is 48.5 Å². The minimum absolute atomic E-state index is 0.0859. The number of carbonyl (C=O) groups excluding carboxylic acids is 1. The summed E-state index contributed by atoms with van der Waals surface area (Å²) in [5, 5.41) is 24.1. The van der Waals surface area contributed by atoms with E-state index in [1.165, 1.54) is 4.80 Å². The first-order valence-electron chi connectivity index (χ1n) is 6.98. The number of anilines is 1. The summed E-state index contributed by atoms with van der Waals surface area (Å²) in [7, 11) is 0. The average Bonchev–Trinajstić information content (AvgIpc) is 3.04. The van der Waals surface area contributed by atoms with Crippen LogP contribution in [0.2, 0.25) is 5.02 Å². The summed E-state index contributed by atoms with van der Waals surface area (Å²) in [6.45, 7) is -0.0859. The van der Waals surface area contributed by atoms with Gasteiger partial charge in [-0.15, -0.1) is 10.2 Å². The third kappa shape index (κ3) is 3.74. The molecule has 1 amide bonds. The van der Waals surface area contributed by atoms with Crippen LogP contribution in [0.1, 0.15) is 5.56 Å². The molecule has 0 radical (unpaired) electrons. The Labute approximate surface area is 142 Å². The largest absolute Gasteiger partial charge is 0.324 e. The van der Waals surface area contributed by atoms with Crippen molar-refractivity contribution in [3.05, 3.63) is 59.1 Å². The van der Waals surface area contributed by atoms with Crippen LogP contribution in [0, 0.1) is 11.3 Å². The molecule has 118 valence electrons. The molecule has 1 heterocycles. The van der Waals surface area contributed by atoms with Gasteiger partial charge in [-0.25, -0.2) is 0 Å². The molecule has 0 unspecified atom stereocenters. The second kappa shape index (κ2) is 6.89. The molecule has 3 rings (SSSR count). The summed E-state index contributed by atoms with van der Waals surface area (Å²) >= 11 is 5.84. The number of benzene rings is 2. The highest BCUT2D eigenvalue weighted by Crippen LogP contribution is 2.17. The van der Waals surface area contributed by atoms with Crippen LogP contribution in [0.15, 0.2) is 48.5 Å². The van der Waals surface area contributed by atoms with Crippen LogP contribution < -0.4 is 5.32 Å². The highest BCUT2D eigenvalue weighted by molar-refractivity contribution is 6.30. The molecule has 0 aliphatic rings. The fraction of sp³-hybridized carbons (Fsp3) is 0.0625. The lowest BCUT2D eigenvalue weighted by Gasteiger charge is -2.04. The lowest BCUT2D eigenvalue weighted by atomic mass is 10.2. The van der Waals surface area contributed by atoms with Crippen molar-refractivity contribution in [3.63, 3.8) is 0 Å². The molecule has 2 aromatic carbocycles. The second-order valence-corrected chi connectivity index (χ2v) is 5.33. The van der Waals surface area contributed by atoms with Crippen molar-refractivity contribution in [1.29, 1.82) is 5.26 Å². The summed E-state index contributed by atoms with van der Waals surface area (Å²) in [5.74, 6) is 0.0936. The average molecular weight is 339 g/mol. The topological polar surface area (TPSA) is 96.5 Å². The van der Waals surface area contributed by atoms with Crippen molar-refractivity contribution in [2.45, 2.75) is 6.54 Å². The molecule has 8 heteroatoms. The molecule has 3 aromatic rings. The lowest BCUT2D eigenvalue weighted by molar-refractivity contribution is -0.117. The van der Waals surface area contributed by atoms with Crippen molar-refractivity contribution in [2.24, 2.45) is 0 Å². The Kier molecular flexibility index (Phi) is 4.50. The van der Waals surface area contributed by atoms with Crippen LogP contribution in [0.5, 0.6) is 0 Å². The Morgan fingerprint density at radius 3 is 2.79 bits per heavy atom. The third-order valence-electron chi connectivity index (χ3n) is 3.12. The van der Waals surface area contributed by atoms with Gasteiger partial charge in [0.05, 0.1) is 11.6 Å². The highest BCUT2D eigenvalue weighted by Gasteiger charge is 2.10. The van der Waals surface area contributed by atoms with E-state index in [0.717, 1.165) is 5.56 Å². The van der Waals surface area contributed by atoms with Gasteiger partial charge in [0.1, 0.15) is 6.54 Å². The predicted molar refractivity (Wildman–Crippen MR) is 88.0 cm³/mol. The molecule has 0 fully saturated rings. The number of nitrogens with one attached hydrogen (secondary N) is 1. The van der Waals surface area contributed by atoms with E-state index in [0.29, 0.717) is 22.1 Å². The Morgan fingerprint density at radius 2 is 2.04 bits per heavy atom. The van der Waals surface area contributed by atoms with Gasteiger partial charge in [0.2, 0.25) is 11.7 Å². The number of nitrogens with zero attached hydrogens (tertiary/aromatic N) is 5. The Bertz CT molecular complexity index is 913. The zero-order valence-corrected chi connectivity index (χ0v) is 13.1. The van der Waals surface area contributed by atoms with Crippen LogP contribution in [0.25, 0.3) is 11.4 Å². The van der Waals surface area contributed by atoms with Crippen LogP contribution in [-0.4, -0.2) is 26.1 Å². The molecule has 0 aliphatic carbocycles. The molecule has 0 atom stereocenters. The van der Waals surface area contributed by atoms with Gasteiger partial charge in [-0.3, -0.25) is 4.79 Å². The minimum atomic E-state index is -0.315. The number of tetrazole rings is 1. The monoisotopic (exact) mass is 338 g/mol. The summed E-state index contributed by atoms with van der Waals surface area (Å²) in [6.07, 6.45) is 0. The van der Waals surface area contributed by atoms with E-state index in [2.05, 4.69) is 20.7 Å². The highest BCUT2D eigenvalue weighted by atomic mass is 35.5. The number of halogens is 1. The number of rotatable bonds is 4. The summed E-state index contributed by atoms with van der Waals surface area (Å²) in [6, 6.07) is 15.7. The van der Waals surface area contributed by atoms with Crippen LogP contribution >= 0.6 is 11.6 Å². The van der Waals surface area contributed by atoms with Crippen LogP contribution in [0.3, 0.4) is 0 Å². The van der Waals surface area contributed by atoms with Crippen molar-refractivity contribution < 1.29 is 4.79 Å². The third-order valence-corrected chi connectivity index (χ3v) is 3.37. The van der Waals surface area contributed by atoms with Crippen molar-refractivity contribution >= 4 is 23.2 Å². The van der Waals surface area contributed by atoms with E-state index in [9.17, 15) is 4.79 Å². The quantitative estimate of drug-likeness (QED) is 0.788. The zero-order valence-electron chi connectivity index (χ0n) is 12.3. The van der Waals surface area contributed by atoms with E-state index in [-0.39, 0.29) is 12.5 Å². The number of aromatic nitrogens is 4. The first-order valence-corrected chi connectivity index (χ1v) is 7.35. The predicted octanol–water partition coefficient (Wildman–Crippen LogP) is 2.50. The van der Waals surface area contributed by atoms with E-state index in [4.69, 9.17) is 16.9 Å². The van der Waals surface area contributed by atoms with Gasteiger partial charge in [-0.05, 0) is 47.7 Å². The molecule has 24 heavy (non-hydrogen) atoms. The molecule has 7 nitrogen and oxygen atoms in total. The van der Waals surface area contributed by atoms with Crippen molar-refractivity contribution in [3.8, 4) is 17.5 Å². The van der Waals surface area contributed by atoms with Gasteiger partial charge in [0, 0.05) is 16.3 Å². The van der Waals surface area contributed by atoms with Crippen molar-refractivity contribution in [2.75, 3.05) is 5.32 Å². The van der Waals surface area contributed by atoms with Crippen molar-refractivity contribution in [1.82, 2.24) is 20.2 Å². The number of carbonyl (C=O) groups is 1. The fourth-order valence-corrected chi connectivity index (χ4v) is 2.15. The SMILES string of the molecule is N#Cc1cccc(NC(=O)Cn2nnc(-c3ccc(Cl)cc3)n2)c1. The normalized spacial score (nSPS) is 10.2. The van der Waals surface area contributed by atoms with Crippen LogP contribution in [-0.2, 0) is 11.3 Å². The molecule has 0 aliphatic heterocycles. The Morgan fingerprint density at radius 1 is 1.25 bits per heavy atom. The summed E-state index contributed by atoms with van der Waals surface area (Å²) in [4.78, 5) is 13.2. The van der Waals surface area contributed by atoms with Gasteiger partial charge >= 0.3 is 0 Å². The van der Waals surface area contributed by atoms with Gasteiger partial charge in [0.15, 0.2) is 0 Å². The first kappa shape index (κ1) is 15.6. The minimum Gasteiger partial charge on any atom is -0.324 e. The fourth-order valence-electron chi connectivity index (χ4n) is 2.02. The maximum Gasteiger partial charge on any atom is 0.248 e. The van der Waals surface area contributed by atoms with Gasteiger partial charge in [-0.1, -0.05) is 17.7 Å². The van der Waals surface area contributed by atoms with E-state index >= 15 is 0 Å². The molecular weight excluding hydrogens is 328 g/mol. The van der Waals surface area contributed by atoms with Gasteiger partial charge in [0.25, 0.3) is 0 Å². The first-order chi connectivity index (χ1) is 11.6. The van der Waals surface area contributed by atoms with Crippen LogP contribution in [0.4, 0.5) is 5.69 Å². The smallest absolute Gasteiger partial charge is 0.248 e. The van der Waals surface area contributed by atoms with Gasteiger partial charge in [-0.2, -0.15) is 10.1 Å². The number of hydrogen-bond donors (Lipinski definition) is 1. The summed E-state index contributed by atoms with van der Waals surface area (Å²) in [5.41, 5.74) is 1.77. The molecular formula is C16H11ClN6O. The summed E-state index contributed by atoms with van der Waals surface area (Å²) < 4.78 is 0. The maximum absolute atomic E-state index is 12.0. The number of hydrogen-bond acceptors (Lipinski definition) is 5. The number of nitriles is 1. The molecule has 0 bridgehead atoms. The Hall–Kier alpha value is -3.24. The lowest BCUT2D eigenvalue weighted by Crippen LogP contribution is -2.20. The zero-order chi connectivity index (χ0) is 16.9. The molecule has 0 saturated carbocycles. The van der Waals surface area contributed by atoms with Gasteiger partial charge < -0.3 is 5.32 Å². The second-order valence-electron chi connectivity index (χ2n) is 4.89.